The van der Waals surface area contributed by atoms with Crippen LogP contribution >= 0.6 is 0 Å². The number of urea groups is 2. The number of hydrogen-bond donors (Lipinski definition) is 2. The first-order chi connectivity index (χ1) is 6.37. The summed E-state index contributed by atoms with van der Waals surface area (Å²) in [5.41, 5.74) is 4.58. The lowest BCUT2D eigenvalue weighted by atomic mass is 10.5. The summed E-state index contributed by atoms with van der Waals surface area (Å²) >= 11 is 0. The fourth-order valence-corrected chi connectivity index (χ4v) is 0.828. The van der Waals surface area contributed by atoms with Gasteiger partial charge in [-0.3, -0.25) is 9.59 Å². The Morgan fingerprint density at radius 2 is 1.50 bits per heavy atom. The van der Waals surface area contributed by atoms with Crippen LogP contribution in [0.1, 0.15) is 0 Å². The average Bonchev–Trinajstić information content (AvgIpc) is 2.23. The Bertz CT molecular complexity index is 340. The van der Waals surface area contributed by atoms with Crippen molar-refractivity contribution in [2.75, 3.05) is 0 Å². The second-order valence-corrected chi connectivity index (χ2v) is 2.18. The van der Waals surface area contributed by atoms with Crippen molar-refractivity contribution in [3.63, 3.8) is 0 Å². The normalized spacial score (nSPS) is 16.4. The Morgan fingerprint density at radius 1 is 1.07 bits per heavy atom. The molecule has 0 aromatic heterocycles. The van der Waals surface area contributed by atoms with Crippen LogP contribution in [0.25, 0.3) is 0 Å². The van der Waals surface area contributed by atoms with Crippen LogP contribution in [0.5, 0.6) is 0 Å². The van der Waals surface area contributed by atoms with Crippen LogP contribution in [-0.2, 0) is 9.59 Å². The highest BCUT2D eigenvalue weighted by Gasteiger charge is 2.50. The van der Waals surface area contributed by atoms with Crippen molar-refractivity contribution >= 4 is 30.0 Å². The summed E-state index contributed by atoms with van der Waals surface area (Å²) in [6.45, 7) is 0. The Kier molecular flexibility index (Phi) is 1.92. The van der Waals surface area contributed by atoms with Gasteiger partial charge in [-0.1, -0.05) is 0 Å². The molecular weight excluding hydrogens is 198 g/mol. The van der Waals surface area contributed by atoms with E-state index in [4.69, 9.17) is 5.11 Å². The summed E-state index contributed by atoms with van der Waals surface area (Å²) in [5, 5.41) is 8.32. The zero-order chi connectivity index (χ0) is 11.0. The number of carboxylic acid groups (broad SMARTS) is 1. The minimum atomic E-state index is -1.95. The maximum atomic E-state index is 10.9. The van der Waals surface area contributed by atoms with E-state index in [-0.39, 0.29) is 4.90 Å². The lowest BCUT2D eigenvalue weighted by Gasteiger charge is -2.06. The van der Waals surface area contributed by atoms with E-state index in [0.717, 1.165) is 0 Å². The molecule has 1 fully saturated rings. The van der Waals surface area contributed by atoms with Crippen molar-refractivity contribution in [2.24, 2.45) is 5.73 Å². The Labute approximate surface area is 75.7 Å². The number of nitrogens with two attached hydrogens (primary N) is 1. The third-order valence-electron chi connectivity index (χ3n) is 1.38. The number of imide groups is 6. The smallest absolute Gasteiger partial charge is 0.423 e. The van der Waals surface area contributed by atoms with E-state index in [1.165, 1.54) is 0 Å². The Balaban J connectivity index is 3.16. The van der Waals surface area contributed by atoms with E-state index in [9.17, 15) is 24.0 Å². The molecule has 1 saturated heterocycles. The summed E-state index contributed by atoms with van der Waals surface area (Å²) in [7, 11) is 0. The minimum Gasteiger partial charge on any atom is -0.464 e. The van der Waals surface area contributed by atoms with Gasteiger partial charge < -0.3 is 10.8 Å². The molecule has 0 bridgehead atoms. The number of hydrogen-bond acceptors (Lipinski definition) is 5. The van der Waals surface area contributed by atoms with E-state index in [1.807, 2.05) is 0 Å². The quantitative estimate of drug-likeness (QED) is 0.362. The van der Waals surface area contributed by atoms with Gasteiger partial charge in [0.1, 0.15) is 0 Å². The van der Waals surface area contributed by atoms with Crippen LogP contribution in [-0.4, -0.2) is 44.9 Å². The molecule has 0 unspecified atom stereocenters. The molecule has 1 aliphatic heterocycles. The number of carbonyl (C=O) groups is 5. The summed E-state index contributed by atoms with van der Waals surface area (Å²) in [6.07, 6.45) is -1.95. The van der Waals surface area contributed by atoms with Gasteiger partial charge in [0.25, 0.3) is 0 Å². The summed E-state index contributed by atoms with van der Waals surface area (Å²) in [6, 6.07) is -3.09. The third kappa shape index (κ3) is 1.07. The molecule has 14 heavy (non-hydrogen) atoms. The molecule has 1 rings (SSSR count). The minimum absolute atomic E-state index is 0.254. The highest BCUT2D eigenvalue weighted by atomic mass is 16.4. The first-order valence-electron chi connectivity index (χ1n) is 3.12. The number of primary amides is 1. The van der Waals surface area contributed by atoms with Gasteiger partial charge in [-0.25, -0.2) is 14.4 Å². The standard InChI is InChI=1S/C5H3N3O6/c6-3(11)7-1(9)2(10)8(4(7)12)5(13)14/h(H2,6,11)(H,13,14). The second-order valence-electron chi connectivity index (χ2n) is 2.18. The highest BCUT2D eigenvalue weighted by molar-refractivity contribution is 6.50. The second kappa shape index (κ2) is 2.80. The van der Waals surface area contributed by atoms with Crippen molar-refractivity contribution in [3.8, 4) is 0 Å². The van der Waals surface area contributed by atoms with Gasteiger partial charge in [0, 0.05) is 0 Å². The van der Waals surface area contributed by atoms with Crippen LogP contribution in [0, 0.1) is 0 Å². The van der Waals surface area contributed by atoms with E-state index < -0.39 is 34.9 Å². The van der Waals surface area contributed by atoms with Gasteiger partial charge in [-0.15, -0.1) is 0 Å². The van der Waals surface area contributed by atoms with Crippen LogP contribution < -0.4 is 5.73 Å². The molecule has 0 saturated carbocycles. The van der Waals surface area contributed by atoms with Crippen LogP contribution in [0.4, 0.5) is 14.4 Å². The largest absolute Gasteiger partial charge is 0.464 e. The van der Waals surface area contributed by atoms with Crippen LogP contribution in [0.15, 0.2) is 0 Å². The third-order valence-corrected chi connectivity index (χ3v) is 1.38. The molecule has 1 aliphatic rings. The van der Waals surface area contributed by atoms with Crippen molar-refractivity contribution in [1.29, 1.82) is 0 Å². The maximum absolute atomic E-state index is 10.9. The van der Waals surface area contributed by atoms with Gasteiger partial charge in [0.15, 0.2) is 0 Å². The van der Waals surface area contributed by atoms with E-state index in [0.29, 0.717) is 0 Å². The van der Waals surface area contributed by atoms with Gasteiger partial charge in [0.05, 0.1) is 0 Å². The maximum Gasteiger partial charge on any atom is 0.423 e. The molecule has 3 N–H and O–H groups in total. The van der Waals surface area contributed by atoms with Crippen molar-refractivity contribution in [2.45, 2.75) is 0 Å². The van der Waals surface area contributed by atoms with Gasteiger partial charge in [-0.2, -0.15) is 9.80 Å². The summed E-state index contributed by atoms with van der Waals surface area (Å²) in [4.78, 5) is 52.7. The first-order valence-corrected chi connectivity index (χ1v) is 3.12. The Hall–Kier alpha value is -2.45. The molecule has 0 radical (unpaired) electrons. The highest BCUT2D eigenvalue weighted by Crippen LogP contribution is 2.11. The molecule has 0 aromatic carbocycles. The summed E-state index contributed by atoms with van der Waals surface area (Å²) < 4.78 is 0. The van der Waals surface area contributed by atoms with Crippen molar-refractivity contribution in [3.05, 3.63) is 0 Å². The fourth-order valence-electron chi connectivity index (χ4n) is 0.828. The zero-order valence-electron chi connectivity index (χ0n) is 6.46. The first kappa shape index (κ1) is 9.64. The molecule has 0 spiro atoms. The molecular formula is C5H3N3O6. The lowest BCUT2D eigenvalue weighted by molar-refractivity contribution is -0.141. The van der Waals surface area contributed by atoms with Gasteiger partial charge in [-0.05, 0) is 0 Å². The zero-order valence-corrected chi connectivity index (χ0v) is 6.46. The van der Waals surface area contributed by atoms with E-state index >= 15 is 0 Å². The average molecular weight is 201 g/mol. The number of amides is 7. The molecule has 0 atom stereocenters. The molecule has 0 aliphatic carbocycles. The fraction of sp³-hybridized carbons (Fsp3) is 0. The van der Waals surface area contributed by atoms with Crippen LogP contribution in [0.3, 0.4) is 0 Å². The lowest BCUT2D eigenvalue weighted by Crippen LogP contribution is -2.42. The monoisotopic (exact) mass is 201 g/mol. The molecule has 9 heteroatoms. The van der Waals surface area contributed by atoms with Crippen LogP contribution in [0.2, 0.25) is 0 Å². The number of nitrogens with zero attached hydrogens (tertiary/aromatic N) is 2. The number of rotatable bonds is 0. The molecule has 74 valence electrons. The van der Waals surface area contributed by atoms with Crippen molar-refractivity contribution in [1.82, 2.24) is 9.80 Å². The molecule has 9 nitrogen and oxygen atoms in total. The number of carbonyl (C=O) groups excluding carboxylic acids is 4. The van der Waals surface area contributed by atoms with E-state index in [1.54, 1.807) is 0 Å². The SMILES string of the molecule is NC(=O)N1C(=O)C(=O)N(C(=O)O)C1=O. The van der Waals surface area contributed by atoms with E-state index in [2.05, 4.69) is 5.73 Å². The topological polar surface area (TPSA) is 138 Å². The molecule has 1 heterocycles. The van der Waals surface area contributed by atoms with Gasteiger partial charge >= 0.3 is 30.0 Å². The molecule has 7 amide bonds. The predicted molar refractivity (Wildman–Crippen MR) is 36.7 cm³/mol. The summed E-state index contributed by atoms with van der Waals surface area (Å²) in [5.74, 6) is -3.20. The van der Waals surface area contributed by atoms with Gasteiger partial charge in [0.2, 0.25) is 0 Å². The van der Waals surface area contributed by atoms with Crippen molar-refractivity contribution < 1.29 is 29.1 Å². The Morgan fingerprint density at radius 3 is 1.71 bits per heavy atom. The predicted octanol–water partition coefficient (Wildman–Crippen LogP) is -1.47. The molecule has 0 aromatic rings.